The molecular formula is C16H29N3O. The Kier molecular flexibility index (Phi) is 8.13. The third kappa shape index (κ3) is 5.83. The molecule has 0 bridgehead atoms. The molecular weight excluding hydrogens is 250 g/mol. The van der Waals surface area contributed by atoms with E-state index in [0.29, 0.717) is 12.0 Å². The summed E-state index contributed by atoms with van der Waals surface area (Å²) in [5, 5.41) is 6.39. The van der Waals surface area contributed by atoms with E-state index >= 15 is 0 Å². The summed E-state index contributed by atoms with van der Waals surface area (Å²) < 4.78 is 5.53. The number of rotatable bonds is 8. The number of nitrogens with zero attached hydrogens (tertiary/aromatic N) is 1. The van der Waals surface area contributed by atoms with Crippen LogP contribution in [0.15, 0.2) is 4.99 Å². The van der Waals surface area contributed by atoms with Crippen LogP contribution in [0.2, 0.25) is 0 Å². The first-order chi connectivity index (χ1) is 9.76. The highest BCUT2D eigenvalue weighted by Crippen LogP contribution is 2.41. The summed E-state index contributed by atoms with van der Waals surface area (Å²) in [4.78, 5) is 4.73. The van der Waals surface area contributed by atoms with E-state index in [1.165, 1.54) is 25.7 Å². The summed E-state index contributed by atoms with van der Waals surface area (Å²) in [7, 11) is 0. The first-order valence-electron chi connectivity index (χ1n) is 7.79. The van der Waals surface area contributed by atoms with Crippen LogP contribution in [0.1, 0.15) is 46.0 Å². The third-order valence-electron chi connectivity index (χ3n) is 3.92. The highest BCUT2D eigenvalue weighted by Gasteiger charge is 2.33. The van der Waals surface area contributed by atoms with Gasteiger partial charge in [0.2, 0.25) is 0 Å². The van der Waals surface area contributed by atoms with Gasteiger partial charge >= 0.3 is 0 Å². The third-order valence-corrected chi connectivity index (χ3v) is 3.92. The summed E-state index contributed by atoms with van der Waals surface area (Å²) in [6.45, 7) is 7.98. The van der Waals surface area contributed by atoms with Crippen molar-refractivity contribution in [3.8, 4) is 12.3 Å². The van der Waals surface area contributed by atoms with E-state index in [9.17, 15) is 0 Å². The highest BCUT2D eigenvalue weighted by atomic mass is 16.5. The van der Waals surface area contributed by atoms with Crippen molar-refractivity contribution in [2.24, 2.45) is 10.4 Å². The Morgan fingerprint density at radius 2 is 2.05 bits per heavy atom. The normalized spacial score (nSPS) is 17.8. The Balaban J connectivity index is 2.56. The molecule has 0 saturated heterocycles. The first-order valence-corrected chi connectivity index (χ1v) is 7.79. The molecule has 0 aliphatic heterocycles. The molecule has 0 radical (unpaired) electrons. The number of nitrogens with one attached hydrogen (secondary N) is 2. The van der Waals surface area contributed by atoms with E-state index in [4.69, 9.17) is 16.2 Å². The zero-order valence-electron chi connectivity index (χ0n) is 13.0. The minimum Gasteiger partial charge on any atom is -0.382 e. The lowest BCUT2D eigenvalue weighted by Crippen LogP contribution is -2.38. The zero-order chi connectivity index (χ0) is 14.7. The molecule has 4 heteroatoms. The van der Waals surface area contributed by atoms with Crippen LogP contribution in [0, 0.1) is 17.8 Å². The lowest BCUT2D eigenvalue weighted by Gasteiger charge is -2.27. The average molecular weight is 279 g/mol. The van der Waals surface area contributed by atoms with Crippen LogP contribution in [-0.2, 0) is 4.74 Å². The average Bonchev–Trinajstić information content (AvgIpc) is 2.91. The molecule has 1 aliphatic rings. The smallest absolute Gasteiger partial charge is 0.192 e. The SMILES string of the molecule is C#CCNC(=NCC1(CCOCC)CCCC1)NCC. The standard InChI is InChI=1S/C16H29N3O/c1-4-12-18-15(17-5-2)19-14-16(9-7-8-10-16)11-13-20-6-3/h1H,5-14H2,2-3H3,(H2,17,18,19). The maximum absolute atomic E-state index is 5.53. The molecule has 1 fully saturated rings. The number of hydrogen-bond donors (Lipinski definition) is 2. The molecule has 0 heterocycles. The summed E-state index contributed by atoms with van der Waals surface area (Å²) in [5.74, 6) is 3.41. The topological polar surface area (TPSA) is 45.7 Å². The largest absolute Gasteiger partial charge is 0.382 e. The Hall–Kier alpha value is -1.21. The Morgan fingerprint density at radius 1 is 1.30 bits per heavy atom. The second-order valence-electron chi connectivity index (χ2n) is 5.41. The van der Waals surface area contributed by atoms with Crippen molar-refractivity contribution in [1.82, 2.24) is 10.6 Å². The fraction of sp³-hybridized carbons (Fsp3) is 0.812. The molecule has 0 spiro atoms. The molecule has 1 saturated carbocycles. The molecule has 114 valence electrons. The molecule has 4 nitrogen and oxygen atoms in total. The van der Waals surface area contributed by atoms with Crippen LogP contribution in [0.5, 0.6) is 0 Å². The van der Waals surface area contributed by atoms with Crippen LogP contribution >= 0.6 is 0 Å². The van der Waals surface area contributed by atoms with Crippen molar-refractivity contribution in [2.75, 3.05) is 32.8 Å². The van der Waals surface area contributed by atoms with Crippen LogP contribution in [0.3, 0.4) is 0 Å². The molecule has 20 heavy (non-hydrogen) atoms. The summed E-state index contributed by atoms with van der Waals surface area (Å²) in [6, 6.07) is 0. The van der Waals surface area contributed by atoms with Crippen molar-refractivity contribution in [2.45, 2.75) is 46.0 Å². The van der Waals surface area contributed by atoms with Gasteiger partial charge < -0.3 is 15.4 Å². The van der Waals surface area contributed by atoms with Gasteiger partial charge in [0.15, 0.2) is 5.96 Å². The molecule has 2 N–H and O–H groups in total. The van der Waals surface area contributed by atoms with Gasteiger partial charge in [-0.05, 0) is 38.5 Å². The van der Waals surface area contributed by atoms with Gasteiger partial charge in [-0.1, -0.05) is 18.8 Å². The summed E-state index contributed by atoms with van der Waals surface area (Å²) in [5.41, 5.74) is 0.327. The lowest BCUT2D eigenvalue weighted by molar-refractivity contribution is 0.107. The Bertz CT molecular complexity index is 327. The molecule has 0 aromatic rings. The monoisotopic (exact) mass is 279 g/mol. The van der Waals surface area contributed by atoms with E-state index in [-0.39, 0.29) is 0 Å². The van der Waals surface area contributed by atoms with E-state index in [1.807, 2.05) is 6.92 Å². The van der Waals surface area contributed by atoms with Crippen LogP contribution < -0.4 is 10.6 Å². The van der Waals surface area contributed by atoms with Gasteiger partial charge in [-0.25, -0.2) is 0 Å². The Morgan fingerprint density at radius 3 is 2.65 bits per heavy atom. The number of aliphatic imine (C=N–C) groups is 1. The minimum atomic E-state index is 0.327. The van der Waals surface area contributed by atoms with Gasteiger partial charge in [0.05, 0.1) is 6.54 Å². The summed E-state index contributed by atoms with van der Waals surface area (Å²) >= 11 is 0. The fourth-order valence-electron chi connectivity index (χ4n) is 2.77. The predicted octanol–water partition coefficient (Wildman–Crippen LogP) is 2.16. The van der Waals surface area contributed by atoms with Crippen molar-refractivity contribution in [1.29, 1.82) is 0 Å². The van der Waals surface area contributed by atoms with Gasteiger partial charge in [-0.3, -0.25) is 4.99 Å². The lowest BCUT2D eigenvalue weighted by atomic mass is 9.83. The molecule has 0 aromatic heterocycles. The fourth-order valence-corrected chi connectivity index (χ4v) is 2.77. The van der Waals surface area contributed by atoms with Crippen molar-refractivity contribution < 1.29 is 4.74 Å². The van der Waals surface area contributed by atoms with Crippen LogP contribution in [0.4, 0.5) is 0 Å². The molecule has 1 rings (SSSR count). The predicted molar refractivity (Wildman–Crippen MR) is 84.8 cm³/mol. The van der Waals surface area contributed by atoms with Gasteiger partial charge in [0.1, 0.15) is 0 Å². The van der Waals surface area contributed by atoms with E-state index < -0.39 is 0 Å². The van der Waals surface area contributed by atoms with Crippen molar-refractivity contribution in [3.63, 3.8) is 0 Å². The van der Waals surface area contributed by atoms with Gasteiger partial charge in [0.25, 0.3) is 0 Å². The maximum atomic E-state index is 5.53. The maximum Gasteiger partial charge on any atom is 0.192 e. The second-order valence-corrected chi connectivity index (χ2v) is 5.41. The van der Waals surface area contributed by atoms with Crippen LogP contribution in [0.25, 0.3) is 0 Å². The molecule has 0 unspecified atom stereocenters. The highest BCUT2D eigenvalue weighted by molar-refractivity contribution is 5.80. The number of guanidine groups is 1. The minimum absolute atomic E-state index is 0.327. The molecule has 0 aromatic carbocycles. The van der Waals surface area contributed by atoms with Crippen molar-refractivity contribution in [3.05, 3.63) is 0 Å². The molecule has 0 atom stereocenters. The summed E-state index contributed by atoms with van der Waals surface area (Å²) in [6.07, 6.45) is 11.6. The van der Waals surface area contributed by atoms with E-state index in [1.54, 1.807) is 0 Å². The van der Waals surface area contributed by atoms with Crippen LogP contribution in [-0.4, -0.2) is 38.8 Å². The number of terminal acetylenes is 1. The Labute approximate surface area is 123 Å². The van der Waals surface area contributed by atoms with Gasteiger partial charge in [-0.15, -0.1) is 6.42 Å². The second kappa shape index (κ2) is 9.66. The first kappa shape index (κ1) is 16.8. The van der Waals surface area contributed by atoms with E-state index in [2.05, 4.69) is 23.5 Å². The zero-order valence-corrected chi connectivity index (χ0v) is 13.0. The van der Waals surface area contributed by atoms with E-state index in [0.717, 1.165) is 38.7 Å². The molecule has 0 amide bonds. The quantitative estimate of drug-likeness (QED) is 0.310. The van der Waals surface area contributed by atoms with Crippen molar-refractivity contribution >= 4 is 5.96 Å². The van der Waals surface area contributed by atoms with Gasteiger partial charge in [0, 0.05) is 26.3 Å². The van der Waals surface area contributed by atoms with Gasteiger partial charge in [-0.2, -0.15) is 0 Å². The number of ether oxygens (including phenoxy) is 1. The number of hydrogen-bond acceptors (Lipinski definition) is 2. The molecule has 1 aliphatic carbocycles.